The van der Waals surface area contributed by atoms with Crippen molar-refractivity contribution >= 4 is 35.2 Å². The van der Waals surface area contributed by atoms with Crippen molar-refractivity contribution in [2.75, 3.05) is 0 Å². The molecule has 0 aliphatic heterocycles. The van der Waals surface area contributed by atoms with Gasteiger partial charge in [-0.15, -0.1) is 54.1 Å². The second kappa shape index (κ2) is 16.7. The van der Waals surface area contributed by atoms with Crippen molar-refractivity contribution in [3.05, 3.63) is 138 Å². The van der Waals surface area contributed by atoms with Crippen LogP contribution in [0.4, 0.5) is 8.78 Å². The summed E-state index contributed by atoms with van der Waals surface area (Å²) < 4.78 is 33.9. The third-order valence-electron chi connectivity index (χ3n) is 11.8. The van der Waals surface area contributed by atoms with E-state index in [-0.39, 0.29) is 20.1 Å². The van der Waals surface area contributed by atoms with Crippen molar-refractivity contribution in [2.24, 2.45) is 17.8 Å². The molecular formula is C49H48F2IrN2OSi-2. The number of hydrogen-bond donors (Lipinski definition) is 0. The summed E-state index contributed by atoms with van der Waals surface area (Å²) in [5.41, 5.74) is 9.17. The third kappa shape index (κ3) is 8.51. The molecule has 56 heavy (non-hydrogen) atoms. The monoisotopic (exact) mass is 939 g/mol. The van der Waals surface area contributed by atoms with Crippen LogP contribution in [-0.2, 0) is 26.5 Å². The van der Waals surface area contributed by atoms with E-state index < -0.39 is 19.7 Å². The van der Waals surface area contributed by atoms with E-state index in [0.29, 0.717) is 22.6 Å². The maximum absolute atomic E-state index is 13.8. The fraction of sp³-hybridized carbons (Fsp3) is 0.306. The average molecular weight is 939 g/mol. The first-order valence-electron chi connectivity index (χ1n) is 19.8. The summed E-state index contributed by atoms with van der Waals surface area (Å²) in [5, 5.41) is 3.41. The normalized spacial score (nSPS) is 17.8. The van der Waals surface area contributed by atoms with Crippen LogP contribution < -0.4 is 5.19 Å². The van der Waals surface area contributed by atoms with Gasteiger partial charge < -0.3 is 14.4 Å². The molecule has 1 atom stereocenters. The van der Waals surface area contributed by atoms with Crippen molar-refractivity contribution in [2.45, 2.75) is 77.9 Å². The molecule has 2 bridgehead atoms. The topological polar surface area (TPSA) is 38.9 Å². The molecule has 3 fully saturated rings. The maximum atomic E-state index is 13.8. The Bertz CT molecular complexity index is 2450. The first kappa shape index (κ1) is 39.9. The molecule has 0 saturated heterocycles. The van der Waals surface area contributed by atoms with E-state index in [1.807, 2.05) is 54.7 Å². The van der Waals surface area contributed by atoms with Gasteiger partial charge in [0.2, 0.25) is 0 Å². The van der Waals surface area contributed by atoms with E-state index in [0.717, 1.165) is 69.1 Å². The Morgan fingerprint density at radius 1 is 0.786 bits per heavy atom. The summed E-state index contributed by atoms with van der Waals surface area (Å²) in [7, 11) is -1.34. The largest absolute Gasteiger partial charge is 0.501 e. The van der Waals surface area contributed by atoms with Gasteiger partial charge in [-0.05, 0) is 101 Å². The zero-order valence-corrected chi connectivity index (χ0v) is 36.2. The summed E-state index contributed by atoms with van der Waals surface area (Å²) >= 11 is 0. The van der Waals surface area contributed by atoms with Gasteiger partial charge in [0.25, 0.3) is 0 Å². The van der Waals surface area contributed by atoms with E-state index in [1.54, 1.807) is 0 Å². The number of rotatable bonds is 7. The molecule has 4 aromatic carbocycles. The maximum Gasteiger partial charge on any atom is 0.126 e. The summed E-state index contributed by atoms with van der Waals surface area (Å²) in [6.45, 7) is 11.7. The SMILES string of the molecule is CC(C)c1cc(-c2[c-]cccc2)ncc1[Si](C)(C)C.Fc1cc(F)cc(-c2ccc3c(c2)oc2c(-c4cc(CC5CC6CCC5CC6)ccn4)[c-]ccc23)c1.[Ir]. The second-order valence-corrected chi connectivity index (χ2v) is 22.0. The van der Waals surface area contributed by atoms with Gasteiger partial charge in [-0.3, -0.25) is 0 Å². The quantitative estimate of drug-likeness (QED) is 0.118. The predicted octanol–water partition coefficient (Wildman–Crippen LogP) is 13.0. The molecule has 3 aliphatic rings. The minimum absolute atomic E-state index is 0. The first-order valence-corrected chi connectivity index (χ1v) is 23.3. The number of aromatic nitrogens is 2. The molecule has 3 nitrogen and oxygen atoms in total. The molecule has 7 heteroatoms. The number of hydrogen-bond acceptors (Lipinski definition) is 3. The van der Waals surface area contributed by atoms with E-state index in [1.165, 1.54) is 60.6 Å². The van der Waals surface area contributed by atoms with Crippen LogP contribution in [0.3, 0.4) is 0 Å². The van der Waals surface area contributed by atoms with Crippen LogP contribution in [0.15, 0.2) is 108 Å². The minimum atomic E-state index is -1.34. The van der Waals surface area contributed by atoms with Crippen LogP contribution in [0.2, 0.25) is 19.6 Å². The van der Waals surface area contributed by atoms with Crippen LogP contribution in [0.25, 0.3) is 55.6 Å². The summed E-state index contributed by atoms with van der Waals surface area (Å²) in [6.07, 6.45) is 12.1. The van der Waals surface area contributed by atoms with Gasteiger partial charge in [0, 0.05) is 44.0 Å². The smallest absolute Gasteiger partial charge is 0.126 e. The Morgan fingerprint density at radius 3 is 2.25 bits per heavy atom. The van der Waals surface area contributed by atoms with Crippen LogP contribution >= 0.6 is 0 Å². The van der Waals surface area contributed by atoms with Crippen molar-refractivity contribution in [1.82, 2.24) is 9.97 Å². The molecule has 3 aromatic heterocycles. The van der Waals surface area contributed by atoms with E-state index in [4.69, 9.17) is 4.42 Å². The van der Waals surface area contributed by atoms with Gasteiger partial charge in [-0.25, -0.2) is 8.78 Å². The molecule has 3 aliphatic carbocycles. The second-order valence-electron chi connectivity index (χ2n) is 16.9. The standard InChI is InChI=1S/C32H26F2NO.C17H22NSi.Ir/c33-25-15-24(16-26(34)18-25)22-8-9-27-28-2-1-3-29(32(28)36-31(27)17-22)30-14-20(10-11-35-30)13-23-12-19-4-6-21(23)7-5-19;1-13(2)15-11-16(14-9-7-6-8-10-14)18-12-17(15)19(3,4)5;/h1-2,8-11,14-19,21,23H,4-7,12-13H2;6-9,11-13H,1-5H3;/q2*-1;. The fourth-order valence-corrected chi connectivity index (χ4v) is 10.6. The zero-order valence-electron chi connectivity index (χ0n) is 32.8. The number of benzene rings is 4. The van der Waals surface area contributed by atoms with Crippen LogP contribution in [0.5, 0.6) is 0 Å². The minimum Gasteiger partial charge on any atom is -0.501 e. The van der Waals surface area contributed by atoms with Crippen molar-refractivity contribution in [3.63, 3.8) is 0 Å². The van der Waals surface area contributed by atoms with Crippen LogP contribution in [0.1, 0.15) is 63.0 Å². The van der Waals surface area contributed by atoms with Gasteiger partial charge in [0.05, 0.1) is 13.7 Å². The zero-order chi connectivity index (χ0) is 38.3. The van der Waals surface area contributed by atoms with Crippen molar-refractivity contribution in [3.8, 4) is 33.6 Å². The molecule has 0 spiro atoms. The number of nitrogens with zero attached hydrogens (tertiary/aromatic N) is 2. The van der Waals surface area contributed by atoms with Crippen LogP contribution in [-0.4, -0.2) is 18.0 Å². The Kier molecular flexibility index (Phi) is 11.9. The third-order valence-corrected chi connectivity index (χ3v) is 13.8. The Labute approximate surface area is 344 Å². The van der Waals surface area contributed by atoms with Gasteiger partial charge in [-0.2, -0.15) is 0 Å². The summed E-state index contributed by atoms with van der Waals surface area (Å²) in [4.78, 5) is 9.34. The molecule has 10 rings (SSSR count). The number of pyridine rings is 2. The molecule has 7 aromatic rings. The molecule has 1 unspecified atom stereocenters. The number of furan rings is 1. The summed E-state index contributed by atoms with van der Waals surface area (Å²) in [5.74, 6) is 1.92. The van der Waals surface area contributed by atoms with Crippen molar-refractivity contribution in [1.29, 1.82) is 0 Å². The molecule has 289 valence electrons. The average Bonchev–Trinajstić information content (AvgIpc) is 3.56. The molecule has 0 N–H and O–H groups in total. The molecule has 3 heterocycles. The van der Waals surface area contributed by atoms with Gasteiger partial charge in [-0.1, -0.05) is 92.7 Å². The van der Waals surface area contributed by atoms with E-state index in [9.17, 15) is 8.78 Å². The Balaban J connectivity index is 0.000000205. The molecule has 1 radical (unpaired) electrons. The first-order chi connectivity index (χ1) is 26.5. The van der Waals surface area contributed by atoms with Gasteiger partial charge in [0.1, 0.15) is 17.2 Å². The van der Waals surface area contributed by atoms with Crippen LogP contribution in [0, 0.1) is 41.5 Å². The van der Waals surface area contributed by atoms with Crippen molar-refractivity contribution < 1.29 is 33.3 Å². The Morgan fingerprint density at radius 2 is 1.57 bits per heavy atom. The summed E-state index contributed by atoms with van der Waals surface area (Å²) in [6, 6.07) is 34.4. The Hall–Kier alpha value is -4.29. The number of fused-ring (bicyclic) bond motifs is 6. The number of halogens is 2. The molecule has 0 amide bonds. The van der Waals surface area contributed by atoms with Gasteiger partial charge >= 0.3 is 0 Å². The molecular weight excluding hydrogens is 891 g/mol. The predicted molar refractivity (Wildman–Crippen MR) is 224 cm³/mol. The van der Waals surface area contributed by atoms with Gasteiger partial charge in [0.15, 0.2) is 0 Å². The van der Waals surface area contributed by atoms with E-state index in [2.05, 4.69) is 86.1 Å². The molecule has 3 saturated carbocycles. The van der Waals surface area contributed by atoms with E-state index >= 15 is 0 Å². The fourth-order valence-electron chi connectivity index (χ4n) is 8.91.